The van der Waals surface area contributed by atoms with Gasteiger partial charge in [-0.05, 0) is 18.4 Å². The van der Waals surface area contributed by atoms with Crippen molar-refractivity contribution in [1.82, 2.24) is 0 Å². The largest absolute Gasteiger partial charge is 0.392 e. The topological polar surface area (TPSA) is 20.2 Å². The van der Waals surface area contributed by atoms with Crippen molar-refractivity contribution in [2.75, 3.05) is 0 Å². The molecule has 0 radical (unpaired) electrons. The molecular formula is C13H18OS. The predicted octanol–water partition coefficient (Wildman–Crippen LogP) is 3.22. The Balaban J connectivity index is 1.82. The summed E-state index contributed by atoms with van der Waals surface area (Å²) in [7, 11) is 0. The summed E-state index contributed by atoms with van der Waals surface area (Å²) < 4.78 is 0. The minimum atomic E-state index is -0.0764. The first-order valence-electron chi connectivity index (χ1n) is 5.70. The molecule has 1 saturated carbocycles. The average Bonchev–Trinajstić information content (AvgIpc) is 2.29. The third-order valence-electron chi connectivity index (χ3n) is 2.97. The number of thioether (sulfide) groups is 1. The third-order valence-corrected chi connectivity index (χ3v) is 4.45. The fourth-order valence-corrected chi connectivity index (χ4v) is 3.34. The summed E-state index contributed by atoms with van der Waals surface area (Å²) in [6, 6.07) is 10.5. The number of hydrogen-bond acceptors (Lipinski definition) is 2. The van der Waals surface area contributed by atoms with Crippen LogP contribution in [0.4, 0.5) is 0 Å². The SMILES string of the molecule is O[C@@H]1CCCC[C@H]1SCc1ccccc1. The number of hydrogen-bond donors (Lipinski definition) is 1. The van der Waals surface area contributed by atoms with Crippen molar-refractivity contribution in [3.05, 3.63) is 35.9 Å². The van der Waals surface area contributed by atoms with Gasteiger partial charge in [-0.25, -0.2) is 0 Å². The van der Waals surface area contributed by atoms with E-state index in [1.807, 2.05) is 17.8 Å². The first-order valence-corrected chi connectivity index (χ1v) is 6.75. The van der Waals surface area contributed by atoms with E-state index >= 15 is 0 Å². The van der Waals surface area contributed by atoms with E-state index < -0.39 is 0 Å². The Hall–Kier alpha value is -0.470. The molecule has 15 heavy (non-hydrogen) atoms. The van der Waals surface area contributed by atoms with Gasteiger partial charge in [-0.1, -0.05) is 43.2 Å². The molecule has 0 heterocycles. The van der Waals surface area contributed by atoms with Crippen LogP contribution >= 0.6 is 11.8 Å². The molecule has 1 N–H and O–H groups in total. The Morgan fingerprint density at radius 2 is 1.87 bits per heavy atom. The fraction of sp³-hybridized carbons (Fsp3) is 0.538. The molecule has 2 rings (SSSR count). The number of benzene rings is 1. The molecule has 0 aromatic heterocycles. The summed E-state index contributed by atoms with van der Waals surface area (Å²) in [5.41, 5.74) is 1.36. The summed E-state index contributed by atoms with van der Waals surface area (Å²) in [6.45, 7) is 0. The Labute approximate surface area is 95.9 Å². The molecule has 0 unspecified atom stereocenters. The fourth-order valence-electron chi connectivity index (χ4n) is 2.05. The standard InChI is InChI=1S/C13H18OS/c14-12-8-4-5-9-13(12)15-10-11-6-2-1-3-7-11/h1-3,6-7,12-14H,4-5,8-10H2/t12-,13-/m1/s1. The molecule has 0 amide bonds. The van der Waals surface area contributed by atoms with Crippen molar-refractivity contribution >= 4 is 11.8 Å². The molecule has 0 spiro atoms. The van der Waals surface area contributed by atoms with Crippen LogP contribution < -0.4 is 0 Å². The van der Waals surface area contributed by atoms with Crippen molar-refractivity contribution in [2.24, 2.45) is 0 Å². The maximum absolute atomic E-state index is 9.83. The highest BCUT2D eigenvalue weighted by atomic mass is 32.2. The van der Waals surface area contributed by atoms with E-state index in [0.29, 0.717) is 5.25 Å². The van der Waals surface area contributed by atoms with Gasteiger partial charge in [0.25, 0.3) is 0 Å². The summed E-state index contributed by atoms with van der Waals surface area (Å²) in [5, 5.41) is 10.3. The van der Waals surface area contributed by atoms with Crippen molar-refractivity contribution in [3.8, 4) is 0 Å². The van der Waals surface area contributed by atoms with Crippen LogP contribution in [-0.4, -0.2) is 16.5 Å². The van der Waals surface area contributed by atoms with Crippen LogP contribution in [0.15, 0.2) is 30.3 Å². The second kappa shape index (κ2) is 5.57. The predicted molar refractivity (Wildman–Crippen MR) is 66.0 cm³/mol. The van der Waals surface area contributed by atoms with Gasteiger partial charge in [0.1, 0.15) is 0 Å². The number of aliphatic hydroxyl groups is 1. The van der Waals surface area contributed by atoms with E-state index in [9.17, 15) is 5.11 Å². The second-order valence-corrected chi connectivity index (χ2v) is 5.41. The van der Waals surface area contributed by atoms with E-state index in [1.54, 1.807) is 0 Å². The van der Waals surface area contributed by atoms with Crippen molar-refractivity contribution in [2.45, 2.75) is 42.8 Å². The molecule has 0 aliphatic heterocycles. The van der Waals surface area contributed by atoms with Crippen molar-refractivity contribution in [1.29, 1.82) is 0 Å². The minimum absolute atomic E-state index is 0.0764. The van der Waals surface area contributed by atoms with Crippen LogP contribution in [0.2, 0.25) is 0 Å². The van der Waals surface area contributed by atoms with E-state index in [1.165, 1.54) is 24.8 Å². The van der Waals surface area contributed by atoms with E-state index in [0.717, 1.165) is 12.2 Å². The van der Waals surface area contributed by atoms with Crippen LogP contribution in [0.5, 0.6) is 0 Å². The maximum Gasteiger partial charge on any atom is 0.0658 e. The van der Waals surface area contributed by atoms with Crippen LogP contribution in [0.25, 0.3) is 0 Å². The van der Waals surface area contributed by atoms with Gasteiger partial charge in [-0.2, -0.15) is 11.8 Å². The molecule has 1 fully saturated rings. The second-order valence-electron chi connectivity index (χ2n) is 4.19. The molecule has 1 aromatic carbocycles. The quantitative estimate of drug-likeness (QED) is 0.847. The monoisotopic (exact) mass is 222 g/mol. The van der Waals surface area contributed by atoms with Gasteiger partial charge < -0.3 is 5.11 Å². The highest BCUT2D eigenvalue weighted by molar-refractivity contribution is 7.99. The lowest BCUT2D eigenvalue weighted by atomic mass is 9.97. The van der Waals surface area contributed by atoms with Gasteiger partial charge in [-0.3, -0.25) is 0 Å². The average molecular weight is 222 g/mol. The van der Waals surface area contributed by atoms with Gasteiger partial charge in [0.15, 0.2) is 0 Å². The van der Waals surface area contributed by atoms with Gasteiger partial charge in [-0.15, -0.1) is 0 Å². The first-order chi connectivity index (χ1) is 7.36. The van der Waals surface area contributed by atoms with Gasteiger partial charge in [0, 0.05) is 11.0 Å². The molecule has 82 valence electrons. The van der Waals surface area contributed by atoms with Gasteiger partial charge in [0.2, 0.25) is 0 Å². The Morgan fingerprint density at radius 1 is 1.13 bits per heavy atom. The Bertz CT molecular complexity index is 286. The van der Waals surface area contributed by atoms with Crippen LogP contribution in [0, 0.1) is 0 Å². The maximum atomic E-state index is 9.83. The summed E-state index contributed by atoms with van der Waals surface area (Å²) in [6.07, 6.45) is 4.57. The van der Waals surface area contributed by atoms with E-state index in [4.69, 9.17) is 0 Å². The molecule has 1 aliphatic rings. The lowest BCUT2D eigenvalue weighted by Crippen LogP contribution is -2.26. The molecule has 0 bridgehead atoms. The van der Waals surface area contributed by atoms with E-state index in [-0.39, 0.29) is 6.10 Å². The van der Waals surface area contributed by atoms with E-state index in [2.05, 4.69) is 24.3 Å². The van der Waals surface area contributed by atoms with Crippen LogP contribution in [-0.2, 0) is 5.75 Å². The summed E-state index contributed by atoms with van der Waals surface area (Å²) in [4.78, 5) is 0. The molecule has 1 aromatic rings. The first kappa shape index (κ1) is 11.0. The van der Waals surface area contributed by atoms with Crippen molar-refractivity contribution < 1.29 is 5.11 Å². The third kappa shape index (κ3) is 3.25. The zero-order valence-corrected chi connectivity index (χ0v) is 9.75. The zero-order chi connectivity index (χ0) is 10.5. The number of aliphatic hydroxyl groups excluding tert-OH is 1. The molecule has 2 atom stereocenters. The van der Waals surface area contributed by atoms with Crippen molar-refractivity contribution in [3.63, 3.8) is 0 Å². The smallest absolute Gasteiger partial charge is 0.0658 e. The Morgan fingerprint density at radius 3 is 2.60 bits per heavy atom. The molecule has 2 heteroatoms. The van der Waals surface area contributed by atoms with Gasteiger partial charge >= 0.3 is 0 Å². The molecule has 0 saturated heterocycles. The van der Waals surface area contributed by atoms with Gasteiger partial charge in [0.05, 0.1) is 6.10 Å². The molecular weight excluding hydrogens is 204 g/mol. The minimum Gasteiger partial charge on any atom is -0.392 e. The molecule has 1 aliphatic carbocycles. The lowest BCUT2D eigenvalue weighted by molar-refractivity contribution is 0.137. The molecule has 1 nitrogen and oxygen atoms in total. The summed E-state index contributed by atoms with van der Waals surface area (Å²) in [5.74, 6) is 1.03. The zero-order valence-electron chi connectivity index (χ0n) is 8.93. The lowest BCUT2D eigenvalue weighted by Gasteiger charge is -2.26. The highest BCUT2D eigenvalue weighted by Gasteiger charge is 2.22. The number of rotatable bonds is 3. The van der Waals surface area contributed by atoms with Crippen LogP contribution in [0.1, 0.15) is 31.2 Å². The highest BCUT2D eigenvalue weighted by Crippen LogP contribution is 2.30. The Kier molecular flexibility index (Phi) is 4.09. The van der Waals surface area contributed by atoms with Crippen LogP contribution in [0.3, 0.4) is 0 Å². The normalized spacial score (nSPS) is 26.5. The summed E-state index contributed by atoms with van der Waals surface area (Å²) >= 11 is 1.91.